The quantitative estimate of drug-likeness (QED) is 0.860. The molecule has 0 spiro atoms. The number of imide groups is 1. The monoisotopic (exact) mass is 328 g/mol. The average molecular weight is 329 g/mol. The van der Waals surface area contributed by atoms with E-state index in [0.29, 0.717) is 5.02 Å². The summed E-state index contributed by atoms with van der Waals surface area (Å²) in [4.78, 5) is 30.0. The highest BCUT2D eigenvalue weighted by Gasteiger charge is 2.56. The van der Waals surface area contributed by atoms with Gasteiger partial charge in [0.05, 0.1) is 11.7 Å². The van der Waals surface area contributed by atoms with E-state index in [4.69, 9.17) is 16.4 Å². The lowest BCUT2D eigenvalue weighted by Gasteiger charge is -2.27. The molecule has 2 heterocycles. The first-order valence-electron chi connectivity index (χ1n) is 7.26. The van der Waals surface area contributed by atoms with Gasteiger partial charge in [-0.05, 0) is 29.8 Å². The second-order valence-corrected chi connectivity index (χ2v) is 6.00. The zero-order chi connectivity index (χ0) is 16.0. The molecule has 2 aromatic carbocycles. The van der Waals surface area contributed by atoms with Crippen molar-refractivity contribution in [2.45, 2.75) is 12.1 Å². The number of amides is 2. The molecule has 0 saturated carbocycles. The molecule has 6 heteroatoms. The molecule has 116 valence electrons. The van der Waals surface area contributed by atoms with E-state index in [1.54, 1.807) is 17.2 Å². The van der Waals surface area contributed by atoms with Crippen LogP contribution >= 0.6 is 11.6 Å². The van der Waals surface area contributed by atoms with Crippen molar-refractivity contribution in [1.82, 2.24) is 5.32 Å². The fraction of sp³-hybridized carbons (Fsp3) is 0.176. The highest BCUT2D eigenvalue weighted by atomic mass is 35.5. The molecule has 1 N–H and O–H groups in total. The van der Waals surface area contributed by atoms with E-state index in [1.165, 1.54) is 0 Å². The number of carbonyl (C=O) groups is 2. The van der Waals surface area contributed by atoms with Crippen molar-refractivity contribution in [3.8, 4) is 0 Å². The van der Waals surface area contributed by atoms with Crippen LogP contribution in [0.3, 0.4) is 0 Å². The van der Waals surface area contributed by atoms with Crippen molar-refractivity contribution in [3.63, 3.8) is 0 Å². The number of anilines is 1. The predicted octanol–water partition coefficient (Wildman–Crippen LogP) is 2.47. The van der Waals surface area contributed by atoms with Gasteiger partial charge < -0.3 is 0 Å². The third kappa shape index (κ3) is 2.29. The summed E-state index contributed by atoms with van der Waals surface area (Å²) >= 11 is 5.94. The summed E-state index contributed by atoms with van der Waals surface area (Å²) in [5.74, 6) is -1.26. The summed E-state index contributed by atoms with van der Waals surface area (Å²) in [5.41, 5.74) is 1.66. The highest BCUT2D eigenvalue weighted by Crippen LogP contribution is 2.44. The van der Waals surface area contributed by atoms with Crippen LogP contribution in [0.5, 0.6) is 0 Å². The van der Waals surface area contributed by atoms with Gasteiger partial charge in [-0.1, -0.05) is 41.9 Å². The normalized spacial score (nSPS) is 26.3. The lowest BCUT2D eigenvalue weighted by atomic mass is 9.91. The smallest absolute Gasteiger partial charge is 0.259 e. The number of hydrogen-bond acceptors (Lipinski definition) is 4. The van der Waals surface area contributed by atoms with Crippen LogP contribution in [0.15, 0.2) is 54.6 Å². The maximum Gasteiger partial charge on any atom is 0.259 e. The van der Waals surface area contributed by atoms with Crippen molar-refractivity contribution >= 4 is 29.1 Å². The summed E-state index contributed by atoms with van der Waals surface area (Å²) in [6.45, 7) is 0. The summed E-state index contributed by atoms with van der Waals surface area (Å²) in [7, 11) is 0. The minimum Gasteiger partial charge on any atom is -0.294 e. The van der Waals surface area contributed by atoms with Crippen LogP contribution in [0.2, 0.25) is 5.02 Å². The second kappa shape index (κ2) is 5.37. The number of hydroxylamine groups is 1. The number of halogens is 1. The van der Waals surface area contributed by atoms with Gasteiger partial charge in [0.15, 0.2) is 6.10 Å². The standard InChI is InChI=1S/C17H13ClN2O3/c18-11-6-8-12(9-7-11)20-14(10-4-2-1-3-5-10)13-15(23-20)17(22)19-16(13)21/h1-9,13-15H,(H,19,21,22)/t13-,14-,15-/m0/s1. The molecule has 2 saturated heterocycles. The van der Waals surface area contributed by atoms with E-state index < -0.39 is 17.9 Å². The van der Waals surface area contributed by atoms with Gasteiger partial charge in [-0.15, -0.1) is 0 Å². The molecule has 3 atom stereocenters. The number of carbonyl (C=O) groups excluding carboxylic acids is 2. The third-order valence-corrected chi connectivity index (χ3v) is 4.43. The van der Waals surface area contributed by atoms with Crippen LogP contribution in [0, 0.1) is 5.92 Å². The molecule has 0 unspecified atom stereocenters. The Bertz CT molecular complexity index is 763. The lowest BCUT2D eigenvalue weighted by molar-refractivity contribution is -0.129. The van der Waals surface area contributed by atoms with E-state index >= 15 is 0 Å². The van der Waals surface area contributed by atoms with Crippen LogP contribution < -0.4 is 10.4 Å². The van der Waals surface area contributed by atoms with Gasteiger partial charge in [0.25, 0.3) is 5.91 Å². The number of nitrogens with one attached hydrogen (secondary N) is 1. The van der Waals surface area contributed by atoms with E-state index in [-0.39, 0.29) is 11.9 Å². The molecule has 0 radical (unpaired) electrons. The predicted molar refractivity (Wildman–Crippen MR) is 84.6 cm³/mol. The average Bonchev–Trinajstić information content (AvgIpc) is 3.08. The van der Waals surface area contributed by atoms with Crippen LogP contribution in [0.4, 0.5) is 5.69 Å². The van der Waals surface area contributed by atoms with Crippen molar-refractivity contribution in [2.75, 3.05) is 5.06 Å². The summed E-state index contributed by atoms with van der Waals surface area (Å²) in [6, 6.07) is 16.3. The molecule has 4 rings (SSSR count). The van der Waals surface area contributed by atoms with Crippen molar-refractivity contribution < 1.29 is 14.4 Å². The fourth-order valence-electron chi connectivity index (χ4n) is 3.14. The Hall–Kier alpha value is -2.37. The largest absolute Gasteiger partial charge is 0.294 e. The Kier molecular flexibility index (Phi) is 3.32. The van der Waals surface area contributed by atoms with Crippen LogP contribution in [-0.4, -0.2) is 17.9 Å². The van der Waals surface area contributed by atoms with Gasteiger partial charge in [0, 0.05) is 5.02 Å². The van der Waals surface area contributed by atoms with Gasteiger partial charge in [-0.25, -0.2) is 5.06 Å². The van der Waals surface area contributed by atoms with Crippen LogP contribution in [0.25, 0.3) is 0 Å². The SMILES string of the molecule is O=C1NC(=O)[C@H]2ON(c3ccc(Cl)cc3)[C@@H](c3ccccc3)[C@H]12. The first kappa shape index (κ1) is 14.2. The second-order valence-electron chi connectivity index (χ2n) is 5.56. The molecule has 0 aromatic heterocycles. The van der Waals surface area contributed by atoms with Crippen LogP contribution in [-0.2, 0) is 14.4 Å². The highest BCUT2D eigenvalue weighted by molar-refractivity contribution is 6.30. The van der Waals surface area contributed by atoms with Crippen LogP contribution in [0.1, 0.15) is 11.6 Å². The molecule has 0 aliphatic carbocycles. The number of fused-ring (bicyclic) bond motifs is 1. The Labute approximate surface area is 137 Å². The van der Waals surface area contributed by atoms with Gasteiger partial charge in [0.1, 0.15) is 5.92 Å². The number of nitrogens with zero attached hydrogens (tertiary/aromatic N) is 1. The maximum atomic E-state index is 12.2. The summed E-state index contributed by atoms with van der Waals surface area (Å²) in [6.07, 6.45) is -0.802. The lowest BCUT2D eigenvalue weighted by Crippen LogP contribution is -2.33. The van der Waals surface area contributed by atoms with Gasteiger partial charge >= 0.3 is 0 Å². The maximum absolute atomic E-state index is 12.2. The van der Waals surface area contributed by atoms with Crippen molar-refractivity contribution in [3.05, 3.63) is 65.2 Å². The molecular weight excluding hydrogens is 316 g/mol. The van der Waals surface area contributed by atoms with Gasteiger partial charge in [0.2, 0.25) is 5.91 Å². The van der Waals surface area contributed by atoms with E-state index in [1.807, 2.05) is 42.5 Å². The molecule has 5 nitrogen and oxygen atoms in total. The van der Waals surface area contributed by atoms with Crippen molar-refractivity contribution in [1.29, 1.82) is 0 Å². The Morgan fingerprint density at radius 3 is 2.35 bits per heavy atom. The van der Waals surface area contributed by atoms with Crippen molar-refractivity contribution in [2.24, 2.45) is 5.92 Å². The number of rotatable bonds is 2. The molecule has 0 bridgehead atoms. The molecule has 2 amide bonds. The minimum atomic E-state index is -0.802. The molecule has 23 heavy (non-hydrogen) atoms. The van der Waals surface area contributed by atoms with E-state index in [9.17, 15) is 9.59 Å². The minimum absolute atomic E-state index is 0.301. The number of hydrogen-bond donors (Lipinski definition) is 1. The summed E-state index contributed by atoms with van der Waals surface area (Å²) in [5, 5.41) is 4.60. The molecule has 2 aromatic rings. The van der Waals surface area contributed by atoms with Gasteiger partial charge in [-0.3, -0.25) is 19.7 Å². The Morgan fingerprint density at radius 2 is 1.65 bits per heavy atom. The zero-order valence-corrected chi connectivity index (χ0v) is 12.7. The molecule has 2 fully saturated rings. The zero-order valence-electron chi connectivity index (χ0n) is 12.0. The van der Waals surface area contributed by atoms with E-state index in [2.05, 4.69) is 5.32 Å². The third-order valence-electron chi connectivity index (χ3n) is 4.18. The topological polar surface area (TPSA) is 58.6 Å². The molecule has 2 aliphatic rings. The Morgan fingerprint density at radius 1 is 0.957 bits per heavy atom. The molecular formula is C17H13ClN2O3. The first-order valence-corrected chi connectivity index (χ1v) is 7.64. The molecule has 2 aliphatic heterocycles. The number of benzene rings is 2. The Balaban J connectivity index is 1.80. The van der Waals surface area contributed by atoms with E-state index in [0.717, 1.165) is 11.3 Å². The fourth-order valence-corrected chi connectivity index (χ4v) is 3.26. The summed E-state index contributed by atoms with van der Waals surface area (Å²) < 4.78 is 0. The first-order chi connectivity index (χ1) is 11.1. The van der Waals surface area contributed by atoms with Gasteiger partial charge in [-0.2, -0.15) is 0 Å².